The van der Waals surface area contributed by atoms with Crippen molar-refractivity contribution in [2.45, 2.75) is 43.3 Å². The standard InChI is InChI=1S/C32H27N9O13S3/c1-11-6-19(41-32(34-11)37-24(38-41)30(50)51)55-8-15-9-56-27-21(26(45)40(27)22(15)28(46)47)36-25(44)20(16-10-57-31(33)35-16)39-54-23(29(48)49)14-4-5-17(52-12(2)42)18(7-14)53-13(3)43/h4-7,10,21,23,27H,8-9H2,1-3H3,(H2,33,35)(H,36,44)(H,46,47)(H,48,49)(H,50,51)/t21-,23-,27-/m1/s1. The first kappa shape index (κ1) is 40.1. The molecule has 22 nitrogen and oxygen atoms in total. The quantitative estimate of drug-likeness (QED) is 0.0226. The van der Waals surface area contributed by atoms with E-state index in [1.54, 1.807) is 13.0 Å². The van der Waals surface area contributed by atoms with Gasteiger partial charge in [0.05, 0.1) is 0 Å². The molecule has 3 aromatic heterocycles. The summed E-state index contributed by atoms with van der Waals surface area (Å²) in [5.41, 5.74) is 5.48. The van der Waals surface area contributed by atoms with Crippen LogP contribution >= 0.6 is 34.9 Å². The zero-order valence-electron chi connectivity index (χ0n) is 29.4. The van der Waals surface area contributed by atoms with Crippen molar-refractivity contribution in [1.82, 2.24) is 34.8 Å². The number of aryl methyl sites for hydroxylation is 1. The average Bonchev–Trinajstić information content (AvgIpc) is 3.77. The van der Waals surface area contributed by atoms with Crippen molar-refractivity contribution in [3.63, 3.8) is 0 Å². The van der Waals surface area contributed by atoms with E-state index < -0.39 is 70.7 Å². The summed E-state index contributed by atoms with van der Waals surface area (Å²) in [6.45, 7) is 3.84. The van der Waals surface area contributed by atoms with Gasteiger partial charge in [-0.1, -0.05) is 11.2 Å². The Morgan fingerprint density at radius 3 is 2.39 bits per heavy atom. The number of anilines is 1. The molecule has 0 radical (unpaired) electrons. The number of fused-ring (bicyclic) bond motifs is 2. The van der Waals surface area contributed by atoms with Crippen LogP contribution in [0.5, 0.6) is 11.5 Å². The molecule has 3 atom stereocenters. The van der Waals surface area contributed by atoms with Crippen molar-refractivity contribution in [2.24, 2.45) is 5.16 Å². The Labute approximate surface area is 331 Å². The highest BCUT2D eigenvalue weighted by molar-refractivity contribution is 8.01. The predicted octanol–water partition coefficient (Wildman–Crippen LogP) is 1.10. The molecule has 2 amide bonds. The third-order valence-corrected chi connectivity index (χ3v) is 10.9. The number of rotatable bonds is 14. The van der Waals surface area contributed by atoms with Crippen LogP contribution in [0.2, 0.25) is 0 Å². The van der Waals surface area contributed by atoms with Gasteiger partial charge in [0, 0.05) is 42.0 Å². The van der Waals surface area contributed by atoms with Crippen LogP contribution in [0.1, 0.15) is 47.5 Å². The van der Waals surface area contributed by atoms with E-state index in [4.69, 9.17) is 20.0 Å². The fourth-order valence-electron chi connectivity index (χ4n) is 5.43. The van der Waals surface area contributed by atoms with E-state index in [1.165, 1.54) is 33.8 Å². The molecule has 6 rings (SSSR count). The largest absolute Gasteiger partial charge is 0.478 e. The highest BCUT2D eigenvalue weighted by Crippen LogP contribution is 2.42. The molecule has 25 heteroatoms. The van der Waals surface area contributed by atoms with Gasteiger partial charge in [-0.15, -0.1) is 40.0 Å². The highest BCUT2D eigenvalue weighted by Gasteiger charge is 2.54. The van der Waals surface area contributed by atoms with Crippen LogP contribution in [-0.2, 0) is 33.6 Å². The van der Waals surface area contributed by atoms with Gasteiger partial charge in [0.15, 0.2) is 22.3 Å². The lowest BCUT2D eigenvalue weighted by molar-refractivity contribution is -0.151. The number of nitrogen functional groups attached to an aromatic ring is 1. The number of esters is 2. The summed E-state index contributed by atoms with van der Waals surface area (Å²) < 4.78 is 11.3. The number of aliphatic carboxylic acids is 2. The number of nitrogens with one attached hydrogen (secondary N) is 1. The molecule has 5 heterocycles. The molecule has 6 N–H and O–H groups in total. The summed E-state index contributed by atoms with van der Waals surface area (Å²) in [5.74, 6) is -8.46. The molecule has 0 unspecified atom stereocenters. The number of oxime groups is 1. The second-order valence-corrected chi connectivity index (χ2v) is 14.8. The van der Waals surface area contributed by atoms with E-state index in [-0.39, 0.29) is 50.9 Å². The number of aromatic nitrogens is 5. The van der Waals surface area contributed by atoms with Crippen molar-refractivity contribution in [1.29, 1.82) is 0 Å². The summed E-state index contributed by atoms with van der Waals surface area (Å²) in [5, 5.41) is 40.7. The van der Waals surface area contributed by atoms with Crippen molar-refractivity contribution >= 4 is 93.1 Å². The fraction of sp³-hybridized carbons (Fsp3) is 0.250. The Bertz CT molecular complexity index is 2450. The van der Waals surface area contributed by atoms with Gasteiger partial charge in [-0.05, 0) is 30.7 Å². The maximum atomic E-state index is 13.7. The molecule has 2 aliphatic rings. The molecule has 4 aromatic rings. The second kappa shape index (κ2) is 16.2. The summed E-state index contributed by atoms with van der Waals surface area (Å²) in [6.07, 6.45) is -1.92. The van der Waals surface area contributed by atoms with Gasteiger partial charge >= 0.3 is 29.8 Å². The SMILES string of the molecule is CC(=O)Oc1ccc([C@@H](ON=C(C(=O)N[C@@H]2C(=O)N3C(C(=O)O)=C(CSc4cc(C)nc5nc(C(=O)O)nn45)CS[C@H]23)c2csc(N)n2)C(=O)O)cc1OC(C)=O. The lowest BCUT2D eigenvalue weighted by Crippen LogP contribution is -2.71. The minimum atomic E-state index is -1.92. The summed E-state index contributed by atoms with van der Waals surface area (Å²) in [4.78, 5) is 105. The fourth-order valence-corrected chi connectivity index (χ4v) is 8.51. The number of hydrogen-bond acceptors (Lipinski definition) is 19. The number of nitrogens with two attached hydrogens (primary N) is 1. The average molecular weight is 842 g/mol. The number of hydrogen-bond donors (Lipinski definition) is 5. The first-order valence-corrected chi connectivity index (χ1v) is 18.9. The lowest BCUT2D eigenvalue weighted by atomic mass is 10.0. The van der Waals surface area contributed by atoms with Crippen LogP contribution in [0.3, 0.4) is 0 Å². The first-order valence-electron chi connectivity index (χ1n) is 16.0. The summed E-state index contributed by atoms with van der Waals surface area (Å²) >= 11 is 3.22. The number of aromatic carboxylic acids is 1. The molecule has 57 heavy (non-hydrogen) atoms. The van der Waals surface area contributed by atoms with Crippen LogP contribution in [-0.4, -0.2) is 115 Å². The molecule has 0 spiro atoms. The van der Waals surface area contributed by atoms with Crippen LogP contribution < -0.4 is 20.5 Å². The van der Waals surface area contributed by atoms with Crippen molar-refractivity contribution < 1.29 is 63.2 Å². The normalized spacial score (nSPS) is 17.0. The summed E-state index contributed by atoms with van der Waals surface area (Å²) in [6, 6.07) is 3.80. The van der Waals surface area contributed by atoms with E-state index in [9.17, 15) is 48.9 Å². The number of carbonyl (C=O) groups is 7. The maximum absolute atomic E-state index is 13.7. The zero-order valence-corrected chi connectivity index (χ0v) is 31.8. The van der Waals surface area contributed by atoms with Crippen molar-refractivity contribution in [3.8, 4) is 11.5 Å². The number of benzene rings is 1. The number of ether oxygens (including phenoxy) is 2. The first-order chi connectivity index (χ1) is 27.0. The molecule has 0 bridgehead atoms. The number of thiazole rings is 1. The van der Waals surface area contributed by atoms with Gasteiger partial charge in [0.25, 0.3) is 23.4 Å². The Morgan fingerprint density at radius 1 is 1.04 bits per heavy atom. The molecule has 1 fully saturated rings. The highest BCUT2D eigenvalue weighted by atomic mass is 32.2. The molecular formula is C32H27N9O13S3. The number of thioether (sulfide) groups is 2. The predicted molar refractivity (Wildman–Crippen MR) is 196 cm³/mol. The third kappa shape index (κ3) is 8.48. The topological polar surface area (TPSA) is 317 Å². The molecule has 2 aliphatic heterocycles. The van der Waals surface area contributed by atoms with Gasteiger partial charge in [0.2, 0.25) is 6.10 Å². The molecule has 1 aromatic carbocycles. The molecule has 0 aliphatic carbocycles. The number of β-lactam (4-membered cyclic amide) rings is 1. The van der Waals surface area contributed by atoms with E-state index in [0.717, 1.165) is 47.9 Å². The Hall–Kier alpha value is -6.60. The minimum absolute atomic E-state index is 0.0107. The molecule has 1 saturated heterocycles. The van der Waals surface area contributed by atoms with Crippen molar-refractivity contribution in [2.75, 3.05) is 17.2 Å². The minimum Gasteiger partial charge on any atom is -0.478 e. The Balaban J connectivity index is 1.22. The van der Waals surface area contributed by atoms with E-state index in [1.807, 2.05) is 0 Å². The second-order valence-electron chi connectivity index (χ2n) is 11.8. The molecule has 0 saturated carbocycles. The number of amides is 2. The number of carboxylic acid groups (broad SMARTS) is 3. The van der Waals surface area contributed by atoms with Gasteiger partial charge in [-0.2, -0.15) is 9.50 Å². The van der Waals surface area contributed by atoms with Gasteiger partial charge in [-0.3, -0.25) is 24.1 Å². The van der Waals surface area contributed by atoms with Crippen molar-refractivity contribution in [3.05, 3.63) is 63.7 Å². The van der Waals surface area contributed by atoms with Crippen LogP contribution in [0.25, 0.3) is 5.78 Å². The van der Waals surface area contributed by atoms with Crippen LogP contribution in [0, 0.1) is 6.92 Å². The summed E-state index contributed by atoms with van der Waals surface area (Å²) in [7, 11) is 0. The number of nitrogens with zero attached hydrogens (tertiary/aromatic N) is 7. The van der Waals surface area contributed by atoms with Gasteiger partial charge < -0.3 is 40.7 Å². The Kier molecular flexibility index (Phi) is 11.4. The van der Waals surface area contributed by atoms with Gasteiger partial charge in [-0.25, -0.2) is 24.4 Å². The monoisotopic (exact) mass is 841 g/mol. The van der Waals surface area contributed by atoms with Gasteiger partial charge in [0.1, 0.15) is 27.8 Å². The lowest BCUT2D eigenvalue weighted by Gasteiger charge is -2.49. The number of carbonyl (C=O) groups excluding carboxylic acids is 4. The van der Waals surface area contributed by atoms with E-state index >= 15 is 0 Å². The smallest absolute Gasteiger partial charge is 0.375 e. The number of carboxylic acids is 3. The maximum Gasteiger partial charge on any atom is 0.375 e. The van der Waals surface area contributed by atoms with Crippen LogP contribution in [0.15, 0.2) is 51.1 Å². The molecular weight excluding hydrogens is 815 g/mol. The van der Waals surface area contributed by atoms with E-state index in [0.29, 0.717) is 16.3 Å². The molecule has 296 valence electrons. The third-order valence-electron chi connectivity index (χ3n) is 7.76. The zero-order chi connectivity index (χ0) is 41.3. The van der Waals surface area contributed by atoms with E-state index in [2.05, 4.69) is 30.5 Å². The van der Waals surface area contributed by atoms with Crippen LogP contribution in [0.4, 0.5) is 5.13 Å². The Morgan fingerprint density at radius 2 is 1.75 bits per heavy atom.